The number of para-hydroxylation sites is 1. The number of hydrogen-bond acceptors (Lipinski definition) is 3. The Morgan fingerprint density at radius 1 is 1.04 bits per heavy atom. The Kier molecular flexibility index (Phi) is 7.95. The van der Waals surface area contributed by atoms with Crippen LogP contribution in [0.5, 0.6) is 0 Å². The van der Waals surface area contributed by atoms with E-state index in [2.05, 4.69) is 16.0 Å². The highest BCUT2D eigenvalue weighted by Crippen LogP contribution is 2.15. The number of hydrogen-bond donors (Lipinski definition) is 3. The van der Waals surface area contributed by atoms with Gasteiger partial charge in [0.1, 0.15) is 0 Å². The lowest BCUT2D eigenvalue weighted by molar-refractivity contribution is -0.119. The third-order valence-electron chi connectivity index (χ3n) is 4.15. The van der Waals surface area contributed by atoms with E-state index >= 15 is 0 Å². The van der Waals surface area contributed by atoms with E-state index in [1.807, 2.05) is 50.2 Å². The van der Waals surface area contributed by atoms with Crippen molar-refractivity contribution in [1.82, 2.24) is 10.6 Å². The molecule has 2 rings (SSSR count). The molecule has 2 amide bonds. The Hall–Kier alpha value is -2.73. The van der Waals surface area contributed by atoms with Crippen molar-refractivity contribution in [3.8, 4) is 0 Å². The fraction of sp³-hybridized carbons (Fsp3) is 0.286. The number of benzene rings is 2. The van der Waals surface area contributed by atoms with E-state index in [1.54, 1.807) is 18.2 Å². The van der Waals surface area contributed by atoms with Gasteiger partial charge in [-0.1, -0.05) is 49.4 Å². The Morgan fingerprint density at radius 2 is 1.70 bits per heavy atom. The highest BCUT2D eigenvalue weighted by Gasteiger charge is 2.14. The van der Waals surface area contributed by atoms with Gasteiger partial charge in [0.2, 0.25) is 5.91 Å². The number of rotatable bonds is 7. The van der Waals surface area contributed by atoms with Gasteiger partial charge in [-0.25, -0.2) is 0 Å². The van der Waals surface area contributed by atoms with Gasteiger partial charge >= 0.3 is 0 Å². The molecule has 5 nitrogen and oxygen atoms in total. The predicted molar refractivity (Wildman–Crippen MR) is 113 cm³/mol. The van der Waals surface area contributed by atoms with E-state index in [1.165, 1.54) is 0 Å². The van der Waals surface area contributed by atoms with Crippen molar-refractivity contribution in [2.24, 2.45) is 0 Å². The van der Waals surface area contributed by atoms with Gasteiger partial charge in [-0.3, -0.25) is 9.59 Å². The number of anilines is 1. The Bertz CT molecular complexity index is 793. The van der Waals surface area contributed by atoms with Crippen LogP contribution in [0.15, 0.2) is 54.6 Å². The average molecular weight is 384 g/mol. The summed E-state index contributed by atoms with van der Waals surface area (Å²) in [7, 11) is 0. The minimum absolute atomic E-state index is 0.0789. The SMILES string of the molecule is CCC(C)NC(=O)c1ccccc1NC(=S)NC(=O)CCc1ccccc1. The molecule has 0 aliphatic rings. The minimum Gasteiger partial charge on any atom is -0.350 e. The minimum atomic E-state index is -0.175. The van der Waals surface area contributed by atoms with E-state index in [0.717, 1.165) is 12.0 Å². The van der Waals surface area contributed by atoms with Crippen molar-refractivity contribution >= 4 is 34.8 Å². The Labute approximate surface area is 165 Å². The van der Waals surface area contributed by atoms with Gasteiger partial charge in [0.15, 0.2) is 5.11 Å². The number of nitrogens with one attached hydrogen (secondary N) is 3. The molecule has 1 unspecified atom stereocenters. The summed E-state index contributed by atoms with van der Waals surface area (Å²) in [5.74, 6) is -0.344. The van der Waals surface area contributed by atoms with Crippen LogP contribution in [0.4, 0.5) is 5.69 Å². The summed E-state index contributed by atoms with van der Waals surface area (Å²) in [5.41, 5.74) is 2.14. The summed E-state index contributed by atoms with van der Waals surface area (Å²) in [6, 6.07) is 17.0. The van der Waals surface area contributed by atoms with E-state index in [0.29, 0.717) is 24.1 Å². The first-order valence-electron chi connectivity index (χ1n) is 9.04. The van der Waals surface area contributed by atoms with Gasteiger partial charge in [0.25, 0.3) is 5.91 Å². The van der Waals surface area contributed by atoms with Crippen molar-refractivity contribution in [2.75, 3.05) is 5.32 Å². The number of thiocarbonyl (C=S) groups is 1. The molecule has 2 aromatic carbocycles. The van der Waals surface area contributed by atoms with Crippen LogP contribution in [0.1, 0.15) is 42.6 Å². The van der Waals surface area contributed by atoms with E-state index in [-0.39, 0.29) is 23.0 Å². The van der Waals surface area contributed by atoms with Crippen LogP contribution < -0.4 is 16.0 Å². The lowest BCUT2D eigenvalue weighted by Gasteiger charge is -2.15. The zero-order chi connectivity index (χ0) is 19.6. The first-order valence-corrected chi connectivity index (χ1v) is 9.45. The molecule has 0 spiro atoms. The molecule has 3 N–H and O–H groups in total. The van der Waals surface area contributed by atoms with E-state index in [4.69, 9.17) is 12.2 Å². The maximum Gasteiger partial charge on any atom is 0.253 e. The number of carbonyl (C=O) groups excluding carboxylic acids is 2. The molecule has 0 aliphatic carbocycles. The normalized spacial score (nSPS) is 11.3. The van der Waals surface area contributed by atoms with E-state index in [9.17, 15) is 9.59 Å². The largest absolute Gasteiger partial charge is 0.350 e. The van der Waals surface area contributed by atoms with Crippen LogP contribution in [-0.4, -0.2) is 23.0 Å². The molecule has 0 aromatic heterocycles. The molecule has 0 heterocycles. The fourth-order valence-electron chi connectivity index (χ4n) is 2.44. The molecule has 0 saturated carbocycles. The molecule has 0 aliphatic heterocycles. The van der Waals surface area contributed by atoms with Gasteiger partial charge in [-0.05, 0) is 49.7 Å². The van der Waals surface area contributed by atoms with Crippen LogP contribution in [0.25, 0.3) is 0 Å². The van der Waals surface area contributed by atoms with Crippen LogP contribution in [0.2, 0.25) is 0 Å². The van der Waals surface area contributed by atoms with Crippen molar-refractivity contribution in [1.29, 1.82) is 0 Å². The fourth-order valence-corrected chi connectivity index (χ4v) is 2.66. The molecule has 0 radical (unpaired) electrons. The van der Waals surface area contributed by atoms with Crippen LogP contribution >= 0.6 is 12.2 Å². The number of amides is 2. The predicted octanol–water partition coefficient (Wildman–Crippen LogP) is 3.66. The van der Waals surface area contributed by atoms with E-state index < -0.39 is 0 Å². The first kappa shape index (κ1) is 20.6. The summed E-state index contributed by atoms with van der Waals surface area (Å²) in [4.78, 5) is 24.5. The van der Waals surface area contributed by atoms with Crippen LogP contribution in [0.3, 0.4) is 0 Å². The summed E-state index contributed by atoms with van der Waals surface area (Å²) < 4.78 is 0. The highest BCUT2D eigenvalue weighted by molar-refractivity contribution is 7.80. The van der Waals surface area contributed by atoms with Gasteiger partial charge in [-0.2, -0.15) is 0 Å². The van der Waals surface area contributed by atoms with Gasteiger partial charge < -0.3 is 16.0 Å². The smallest absolute Gasteiger partial charge is 0.253 e. The maximum absolute atomic E-state index is 12.4. The monoisotopic (exact) mass is 383 g/mol. The summed E-state index contributed by atoms with van der Waals surface area (Å²) >= 11 is 5.23. The molecule has 6 heteroatoms. The average Bonchev–Trinajstić information content (AvgIpc) is 2.67. The second-order valence-corrected chi connectivity index (χ2v) is 6.72. The third kappa shape index (κ3) is 6.83. The van der Waals surface area contributed by atoms with Gasteiger partial charge in [0.05, 0.1) is 11.3 Å². The Morgan fingerprint density at radius 3 is 2.41 bits per heavy atom. The summed E-state index contributed by atoms with van der Waals surface area (Å²) in [6.07, 6.45) is 1.82. The second kappa shape index (κ2) is 10.4. The lowest BCUT2D eigenvalue weighted by atomic mass is 10.1. The highest BCUT2D eigenvalue weighted by atomic mass is 32.1. The van der Waals surface area contributed by atoms with Crippen LogP contribution in [-0.2, 0) is 11.2 Å². The Balaban J connectivity index is 1.91. The van der Waals surface area contributed by atoms with Crippen LogP contribution in [0, 0.1) is 0 Å². The molecular weight excluding hydrogens is 358 g/mol. The molecule has 0 bridgehead atoms. The van der Waals surface area contributed by atoms with Gasteiger partial charge in [-0.15, -0.1) is 0 Å². The number of aryl methyl sites for hydroxylation is 1. The molecule has 142 valence electrons. The molecule has 27 heavy (non-hydrogen) atoms. The molecule has 0 saturated heterocycles. The first-order chi connectivity index (χ1) is 13.0. The quantitative estimate of drug-likeness (QED) is 0.638. The molecule has 1 atom stereocenters. The molecule has 2 aromatic rings. The topological polar surface area (TPSA) is 70.2 Å². The van der Waals surface area contributed by atoms with Gasteiger partial charge in [0, 0.05) is 12.5 Å². The van der Waals surface area contributed by atoms with Crippen molar-refractivity contribution in [3.05, 3.63) is 65.7 Å². The van der Waals surface area contributed by atoms with Crippen molar-refractivity contribution in [2.45, 2.75) is 39.2 Å². The molecule has 0 fully saturated rings. The van der Waals surface area contributed by atoms with Crippen molar-refractivity contribution in [3.63, 3.8) is 0 Å². The maximum atomic E-state index is 12.4. The summed E-state index contributed by atoms with van der Waals surface area (Å²) in [6.45, 7) is 3.96. The summed E-state index contributed by atoms with van der Waals surface area (Å²) in [5, 5.41) is 8.72. The second-order valence-electron chi connectivity index (χ2n) is 6.32. The zero-order valence-electron chi connectivity index (χ0n) is 15.6. The van der Waals surface area contributed by atoms with Crippen molar-refractivity contribution < 1.29 is 9.59 Å². The zero-order valence-corrected chi connectivity index (χ0v) is 16.4. The number of carbonyl (C=O) groups is 2. The third-order valence-corrected chi connectivity index (χ3v) is 4.35. The lowest BCUT2D eigenvalue weighted by Crippen LogP contribution is -2.36. The standard InChI is InChI=1S/C21H25N3O2S/c1-3-15(2)22-20(26)17-11-7-8-12-18(17)23-21(27)24-19(25)14-13-16-9-5-4-6-10-16/h4-12,15H,3,13-14H2,1-2H3,(H,22,26)(H2,23,24,25,27). The molecular formula is C21H25N3O2S.